The van der Waals surface area contributed by atoms with Crippen LogP contribution in [-0.4, -0.2) is 42.3 Å². The number of carbonyl (C=O) groups excluding carboxylic acids is 1. The van der Waals surface area contributed by atoms with Crippen molar-refractivity contribution < 1.29 is 9.90 Å². The zero-order valence-corrected chi connectivity index (χ0v) is 11.4. The first-order chi connectivity index (χ1) is 9.10. The van der Waals surface area contributed by atoms with Gasteiger partial charge >= 0.3 is 6.03 Å². The molecule has 104 valence electrons. The fraction of sp³-hybridized carbons (Fsp3) is 0.500. The van der Waals surface area contributed by atoms with Crippen LogP contribution in [-0.2, 0) is 0 Å². The van der Waals surface area contributed by atoms with Crippen molar-refractivity contribution in [3.63, 3.8) is 0 Å². The molecule has 0 radical (unpaired) electrons. The number of nitrogens with one attached hydrogen (secondary N) is 2. The monoisotopic (exact) mass is 263 g/mol. The fourth-order valence-corrected chi connectivity index (χ4v) is 2.15. The van der Waals surface area contributed by atoms with E-state index in [1.54, 1.807) is 4.90 Å². The van der Waals surface area contributed by atoms with Gasteiger partial charge in [-0.1, -0.05) is 12.1 Å². The maximum Gasteiger partial charge on any atom is 0.321 e. The van der Waals surface area contributed by atoms with Crippen LogP contribution >= 0.6 is 0 Å². The molecule has 1 fully saturated rings. The van der Waals surface area contributed by atoms with E-state index in [2.05, 4.69) is 17.6 Å². The summed E-state index contributed by atoms with van der Waals surface area (Å²) in [6.07, 6.45) is 0.274. The number of carbonyl (C=O) groups is 1. The number of likely N-dealkylation sites (tertiary alicyclic amines) is 1. The molecule has 1 heterocycles. The summed E-state index contributed by atoms with van der Waals surface area (Å²) < 4.78 is 0. The highest BCUT2D eigenvalue weighted by molar-refractivity contribution is 5.89. The Morgan fingerprint density at radius 3 is 2.63 bits per heavy atom. The second kappa shape index (κ2) is 6.04. The van der Waals surface area contributed by atoms with E-state index in [4.69, 9.17) is 0 Å². The van der Waals surface area contributed by atoms with Gasteiger partial charge < -0.3 is 20.6 Å². The Kier molecular flexibility index (Phi) is 4.39. The van der Waals surface area contributed by atoms with Gasteiger partial charge in [-0.15, -0.1) is 0 Å². The van der Waals surface area contributed by atoms with Crippen molar-refractivity contribution in [3.8, 4) is 0 Å². The summed E-state index contributed by atoms with van der Waals surface area (Å²) >= 11 is 0. The van der Waals surface area contributed by atoms with Crippen LogP contribution in [0.4, 0.5) is 10.5 Å². The molecular weight excluding hydrogens is 242 g/mol. The molecule has 1 aliphatic heterocycles. The first kappa shape index (κ1) is 13.8. The molecule has 2 rings (SSSR count). The Morgan fingerprint density at radius 1 is 1.42 bits per heavy atom. The maximum absolute atomic E-state index is 11.9. The Labute approximate surface area is 113 Å². The van der Waals surface area contributed by atoms with Crippen molar-refractivity contribution in [1.82, 2.24) is 10.2 Å². The van der Waals surface area contributed by atoms with Crippen LogP contribution < -0.4 is 10.6 Å². The number of hydrogen-bond donors (Lipinski definition) is 3. The first-order valence-corrected chi connectivity index (χ1v) is 6.61. The van der Waals surface area contributed by atoms with Crippen molar-refractivity contribution >= 4 is 11.7 Å². The van der Waals surface area contributed by atoms with Crippen LogP contribution in [0.2, 0.25) is 0 Å². The molecule has 2 atom stereocenters. The second-order valence-electron chi connectivity index (χ2n) is 4.95. The van der Waals surface area contributed by atoms with Gasteiger partial charge in [0, 0.05) is 24.8 Å². The number of urea groups is 1. The quantitative estimate of drug-likeness (QED) is 0.775. The van der Waals surface area contributed by atoms with Crippen LogP contribution in [0, 0.1) is 0 Å². The molecule has 0 saturated carbocycles. The second-order valence-corrected chi connectivity index (χ2v) is 4.95. The van der Waals surface area contributed by atoms with Crippen molar-refractivity contribution in [1.29, 1.82) is 0 Å². The minimum atomic E-state index is -0.385. The zero-order valence-electron chi connectivity index (χ0n) is 11.4. The highest BCUT2D eigenvalue weighted by Crippen LogP contribution is 2.17. The number of nitrogens with zero attached hydrogens (tertiary/aromatic N) is 1. The molecule has 0 spiro atoms. The summed E-state index contributed by atoms with van der Waals surface area (Å²) in [5, 5.41) is 15.4. The summed E-state index contributed by atoms with van der Waals surface area (Å²) in [7, 11) is 1.92. The smallest absolute Gasteiger partial charge is 0.321 e. The average molecular weight is 263 g/mol. The van der Waals surface area contributed by atoms with Crippen LogP contribution in [0.3, 0.4) is 0 Å². The van der Waals surface area contributed by atoms with E-state index in [1.807, 2.05) is 31.3 Å². The summed E-state index contributed by atoms with van der Waals surface area (Å²) in [6.45, 7) is 3.11. The minimum absolute atomic E-state index is 0.147. The van der Waals surface area contributed by atoms with E-state index < -0.39 is 0 Å². The number of amides is 2. The summed E-state index contributed by atoms with van der Waals surface area (Å²) in [5.41, 5.74) is 1.95. The van der Waals surface area contributed by atoms with Crippen molar-refractivity contribution in [2.75, 3.05) is 25.5 Å². The Bertz CT molecular complexity index is 433. The predicted octanol–water partition coefficient (Wildman–Crippen LogP) is 1.57. The van der Waals surface area contributed by atoms with E-state index in [0.29, 0.717) is 25.6 Å². The van der Waals surface area contributed by atoms with Gasteiger partial charge in [0.05, 0.1) is 6.10 Å². The standard InChI is InChI=1S/C14H21N3O2/c1-10(15-2)11-3-5-12(6-4-11)16-14(19)17-8-7-13(18)9-17/h3-6,10,13,15,18H,7-9H2,1-2H3,(H,16,19). The number of anilines is 1. The average Bonchev–Trinajstić information content (AvgIpc) is 2.85. The van der Waals surface area contributed by atoms with Crippen LogP contribution in [0.25, 0.3) is 0 Å². The number of hydrogen-bond acceptors (Lipinski definition) is 3. The van der Waals surface area contributed by atoms with E-state index in [9.17, 15) is 9.90 Å². The van der Waals surface area contributed by atoms with Gasteiger partial charge in [-0.3, -0.25) is 0 Å². The van der Waals surface area contributed by atoms with E-state index in [-0.39, 0.29) is 12.1 Å². The molecule has 3 N–H and O–H groups in total. The minimum Gasteiger partial charge on any atom is -0.391 e. The maximum atomic E-state index is 11.9. The first-order valence-electron chi connectivity index (χ1n) is 6.61. The van der Waals surface area contributed by atoms with Gasteiger partial charge in [0.1, 0.15) is 0 Å². The molecule has 0 aromatic heterocycles. The van der Waals surface area contributed by atoms with Gasteiger partial charge in [0.15, 0.2) is 0 Å². The van der Waals surface area contributed by atoms with Gasteiger partial charge in [0.2, 0.25) is 0 Å². The molecule has 0 bridgehead atoms. The lowest BCUT2D eigenvalue weighted by atomic mass is 10.1. The topological polar surface area (TPSA) is 64.6 Å². The Balaban J connectivity index is 1.94. The van der Waals surface area contributed by atoms with Gasteiger partial charge in [-0.05, 0) is 38.1 Å². The molecular formula is C14H21N3O2. The van der Waals surface area contributed by atoms with Crippen molar-refractivity contribution in [3.05, 3.63) is 29.8 Å². The molecule has 19 heavy (non-hydrogen) atoms. The molecule has 1 aliphatic rings. The van der Waals surface area contributed by atoms with Crippen molar-refractivity contribution in [2.24, 2.45) is 0 Å². The lowest BCUT2D eigenvalue weighted by Crippen LogP contribution is -2.33. The Hall–Kier alpha value is -1.59. The summed E-state index contributed by atoms with van der Waals surface area (Å²) in [6, 6.07) is 7.93. The van der Waals surface area contributed by atoms with Crippen molar-refractivity contribution in [2.45, 2.75) is 25.5 Å². The normalized spacial score (nSPS) is 20.4. The number of β-amino-alcohol motifs (C(OH)–C–C–N with tert-alkyl or cyclic N) is 1. The highest BCUT2D eigenvalue weighted by atomic mass is 16.3. The van der Waals surface area contributed by atoms with E-state index in [1.165, 1.54) is 5.56 Å². The molecule has 2 unspecified atom stereocenters. The van der Waals surface area contributed by atoms with Gasteiger partial charge in [0.25, 0.3) is 0 Å². The van der Waals surface area contributed by atoms with Crippen LogP contribution in [0.15, 0.2) is 24.3 Å². The number of aliphatic hydroxyl groups excluding tert-OH is 1. The molecule has 1 aromatic carbocycles. The van der Waals surface area contributed by atoms with E-state index in [0.717, 1.165) is 5.69 Å². The largest absolute Gasteiger partial charge is 0.391 e. The third-order valence-corrected chi connectivity index (χ3v) is 3.55. The number of aliphatic hydroxyl groups is 1. The molecule has 1 aromatic rings. The highest BCUT2D eigenvalue weighted by Gasteiger charge is 2.24. The van der Waals surface area contributed by atoms with Crippen LogP contribution in [0.1, 0.15) is 24.9 Å². The molecule has 1 saturated heterocycles. The Morgan fingerprint density at radius 2 is 2.11 bits per heavy atom. The molecule has 5 nitrogen and oxygen atoms in total. The van der Waals surface area contributed by atoms with E-state index >= 15 is 0 Å². The lowest BCUT2D eigenvalue weighted by molar-refractivity contribution is 0.176. The number of rotatable bonds is 3. The SMILES string of the molecule is CNC(C)c1ccc(NC(=O)N2CCC(O)C2)cc1. The summed E-state index contributed by atoms with van der Waals surface area (Å²) in [4.78, 5) is 13.6. The van der Waals surface area contributed by atoms with Crippen LogP contribution in [0.5, 0.6) is 0 Å². The zero-order chi connectivity index (χ0) is 13.8. The third-order valence-electron chi connectivity index (χ3n) is 3.55. The lowest BCUT2D eigenvalue weighted by Gasteiger charge is -2.17. The van der Waals surface area contributed by atoms with Gasteiger partial charge in [-0.25, -0.2) is 4.79 Å². The summed E-state index contributed by atoms with van der Waals surface area (Å²) in [5.74, 6) is 0. The third kappa shape index (κ3) is 3.45. The fourth-order valence-electron chi connectivity index (χ4n) is 2.15. The molecule has 0 aliphatic carbocycles. The molecule has 5 heteroatoms. The number of benzene rings is 1. The van der Waals surface area contributed by atoms with Gasteiger partial charge in [-0.2, -0.15) is 0 Å². The molecule has 2 amide bonds. The predicted molar refractivity (Wildman–Crippen MR) is 75.1 cm³/mol.